The maximum atomic E-state index is 14.8. The summed E-state index contributed by atoms with van der Waals surface area (Å²) in [7, 11) is 5.05. The van der Waals surface area contributed by atoms with Crippen LogP contribution in [0.4, 0.5) is 32.2 Å². The fourth-order valence-corrected chi connectivity index (χ4v) is 5.23. The molecule has 1 atom stereocenters. The van der Waals surface area contributed by atoms with Gasteiger partial charge in [-0.05, 0) is 40.1 Å². The minimum Gasteiger partial charge on any atom is -0.493 e. The number of fused-ring (bicyclic) bond motifs is 1. The molecule has 39 heavy (non-hydrogen) atoms. The number of anilines is 1. The van der Waals surface area contributed by atoms with Crippen LogP contribution in [0.25, 0.3) is 10.9 Å². The summed E-state index contributed by atoms with van der Waals surface area (Å²) in [6.07, 6.45) is -5.44. The lowest BCUT2D eigenvalue weighted by Crippen LogP contribution is -2.54. The Bertz CT molecular complexity index is 1350. The Morgan fingerprint density at radius 1 is 1.10 bits per heavy atom. The van der Waals surface area contributed by atoms with Crippen molar-refractivity contribution in [3.8, 4) is 11.5 Å². The second-order valence-corrected chi connectivity index (χ2v) is 10.4. The molecule has 4 rings (SSSR count). The zero-order valence-corrected chi connectivity index (χ0v) is 22.2. The van der Waals surface area contributed by atoms with Crippen LogP contribution in [0.3, 0.4) is 0 Å². The van der Waals surface area contributed by atoms with Gasteiger partial charge >= 0.3 is 6.18 Å². The molecule has 3 aromatic rings. The summed E-state index contributed by atoms with van der Waals surface area (Å²) in [6.45, 7) is 3.58. The Labute approximate surface area is 222 Å². The van der Waals surface area contributed by atoms with E-state index in [1.807, 2.05) is 4.90 Å². The molecule has 1 heterocycles. The van der Waals surface area contributed by atoms with E-state index in [4.69, 9.17) is 9.47 Å². The Morgan fingerprint density at radius 3 is 2.38 bits per heavy atom. The largest absolute Gasteiger partial charge is 0.493 e. The van der Waals surface area contributed by atoms with Crippen LogP contribution >= 0.6 is 0 Å². The van der Waals surface area contributed by atoms with E-state index in [0.717, 1.165) is 6.07 Å². The van der Waals surface area contributed by atoms with Crippen molar-refractivity contribution in [1.82, 2.24) is 14.9 Å². The summed E-state index contributed by atoms with van der Waals surface area (Å²) < 4.78 is 93.7. The molecule has 1 aromatic heterocycles. The second kappa shape index (κ2) is 10.4. The normalized spacial score (nSPS) is 17.1. The van der Waals surface area contributed by atoms with Crippen molar-refractivity contribution in [3.05, 3.63) is 53.1 Å². The summed E-state index contributed by atoms with van der Waals surface area (Å²) in [5.41, 5.74) is -1.83. The Kier molecular flexibility index (Phi) is 7.63. The predicted octanol–water partition coefficient (Wildman–Crippen LogP) is 6.63. The maximum absolute atomic E-state index is 14.8. The van der Waals surface area contributed by atoms with Gasteiger partial charge in [-0.2, -0.15) is 13.2 Å². The number of hydrogen-bond donors (Lipinski definition) is 1. The van der Waals surface area contributed by atoms with Crippen molar-refractivity contribution in [1.29, 1.82) is 0 Å². The van der Waals surface area contributed by atoms with Crippen molar-refractivity contribution < 1.29 is 35.8 Å². The van der Waals surface area contributed by atoms with E-state index in [-0.39, 0.29) is 36.6 Å². The number of aromatic nitrogens is 2. The number of alkyl halides is 5. The number of hydrogen-bond acceptors (Lipinski definition) is 6. The number of halogens is 6. The van der Waals surface area contributed by atoms with Gasteiger partial charge in [-0.1, -0.05) is 12.1 Å². The molecular weight excluding hydrogens is 526 g/mol. The standard InChI is InChI=1S/C27H30F6N4O2/c1-15(17-7-6-8-19(23(17)28)27(31,32)33)34-24-18-9-22(21(38-5)10-20(18)35-16(2)36-24)39-14-25(13-37(3)4)11-26(29,30)12-25/h6-10,15H,11-14H2,1-5H3,(H,34,35,36)/t15-/m1/s1. The van der Waals surface area contributed by atoms with Gasteiger partial charge in [-0.15, -0.1) is 0 Å². The SMILES string of the molecule is COc1cc2nc(C)nc(N[C@H](C)c3cccc(C(F)(F)F)c3F)c2cc1OCC1(CN(C)C)CC(F)(F)C1. The van der Waals surface area contributed by atoms with Crippen molar-refractivity contribution in [2.75, 3.05) is 39.7 Å². The number of ether oxygens (including phenoxy) is 2. The van der Waals surface area contributed by atoms with E-state index in [1.54, 1.807) is 33.2 Å². The topological polar surface area (TPSA) is 59.5 Å². The summed E-state index contributed by atoms with van der Waals surface area (Å²) in [5.74, 6) is -2.91. The molecule has 12 heteroatoms. The molecule has 0 bridgehead atoms. The van der Waals surface area contributed by atoms with Crippen molar-refractivity contribution >= 4 is 16.7 Å². The number of aryl methyl sites for hydroxylation is 1. The second-order valence-electron chi connectivity index (χ2n) is 10.4. The van der Waals surface area contributed by atoms with E-state index in [0.29, 0.717) is 35.1 Å². The zero-order chi connectivity index (χ0) is 28.8. The third-order valence-corrected chi connectivity index (χ3v) is 6.70. The van der Waals surface area contributed by atoms with Crippen LogP contribution < -0.4 is 14.8 Å². The fourth-order valence-electron chi connectivity index (χ4n) is 5.23. The smallest absolute Gasteiger partial charge is 0.419 e. The van der Waals surface area contributed by atoms with Crippen LogP contribution in [-0.4, -0.2) is 55.1 Å². The Morgan fingerprint density at radius 2 is 1.79 bits per heavy atom. The minimum absolute atomic E-state index is 0.0178. The van der Waals surface area contributed by atoms with Gasteiger partial charge in [-0.3, -0.25) is 0 Å². The maximum Gasteiger partial charge on any atom is 0.419 e. The third-order valence-electron chi connectivity index (χ3n) is 6.70. The molecule has 2 aromatic carbocycles. The van der Waals surface area contributed by atoms with E-state index in [9.17, 15) is 26.3 Å². The first-order chi connectivity index (χ1) is 18.1. The highest BCUT2D eigenvalue weighted by molar-refractivity contribution is 5.92. The van der Waals surface area contributed by atoms with Gasteiger partial charge in [0, 0.05) is 41.8 Å². The third kappa shape index (κ3) is 6.15. The van der Waals surface area contributed by atoms with Crippen molar-refractivity contribution in [2.24, 2.45) is 5.41 Å². The van der Waals surface area contributed by atoms with E-state index >= 15 is 0 Å². The van der Waals surface area contributed by atoms with Gasteiger partial charge < -0.3 is 19.7 Å². The summed E-state index contributed by atoms with van der Waals surface area (Å²) >= 11 is 0. The molecule has 1 saturated carbocycles. The average molecular weight is 557 g/mol. The number of benzene rings is 2. The number of nitrogens with one attached hydrogen (secondary N) is 1. The van der Waals surface area contributed by atoms with Crippen LogP contribution in [-0.2, 0) is 6.18 Å². The molecule has 1 N–H and O–H groups in total. The Hall–Kier alpha value is -3.28. The number of nitrogens with zero attached hydrogens (tertiary/aromatic N) is 3. The lowest BCUT2D eigenvalue weighted by molar-refractivity contribution is -0.177. The summed E-state index contributed by atoms with van der Waals surface area (Å²) in [6, 6.07) is 5.41. The summed E-state index contributed by atoms with van der Waals surface area (Å²) in [4.78, 5) is 10.6. The van der Waals surface area contributed by atoms with Gasteiger partial charge in [0.1, 0.15) is 17.5 Å². The first-order valence-electron chi connectivity index (χ1n) is 12.3. The molecule has 6 nitrogen and oxygen atoms in total. The monoisotopic (exact) mass is 556 g/mol. The zero-order valence-electron chi connectivity index (χ0n) is 22.2. The van der Waals surface area contributed by atoms with Crippen LogP contribution in [0, 0.1) is 18.2 Å². The van der Waals surface area contributed by atoms with Crippen LogP contribution in [0.5, 0.6) is 11.5 Å². The van der Waals surface area contributed by atoms with Crippen molar-refractivity contribution in [3.63, 3.8) is 0 Å². The fraction of sp³-hybridized carbons (Fsp3) is 0.481. The molecule has 0 saturated heterocycles. The minimum atomic E-state index is -4.84. The molecule has 212 valence electrons. The van der Waals surface area contributed by atoms with Gasteiger partial charge in [0.15, 0.2) is 11.5 Å². The summed E-state index contributed by atoms with van der Waals surface area (Å²) in [5, 5.41) is 3.44. The highest BCUT2D eigenvalue weighted by atomic mass is 19.4. The van der Waals surface area contributed by atoms with E-state index in [1.165, 1.54) is 20.1 Å². The lowest BCUT2D eigenvalue weighted by Gasteiger charge is -2.48. The van der Waals surface area contributed by atoms with E-state index in [2.05, 4.69) is 15.3 Å². The average Bonchev–Trinajstić information content (AvgIpc) is 2.79. The van der Waals surface area contributed by atoms with Crippen LogP contribution in [0.15, 0.2) is 30.3 Å². The molecule has 0 spiro atoms. The molecule has 0 unspecified atom stereocenters. The lowest BCUT2D eigenvalue weighted by atomic mass is 9.66. The van der Waals surface area contributed by atoms with Gasteiger partial charge in [-0.25, -0.2) is 23.1 Å². The van der Waals surface area contributed by atoms with Crippen LogP contribution in [0.2, 0.25) is 0 Å². The quantitative estimate of drug-likeness (QED) is 0.299. The number of methoxy groups -OCH3 is 1. The molecule has 0 amide bonds. The molecule has 0 radical (unpaired) electrons. The molecule has 1 aliphatic rings. The molecular formula is C27H30F6N4O2. The van der Waals surface area contributed by atoms with Gasteiger partial charge in [0.05, 0.1) is 30.8 Å². The first-order valence-corrected chi connectivity index (χ1v) is 12.3. The molecule has 1 fully saturated rings. The van der Waals surface area contributed by atoms with E-state index < -0.39 is 34.9 Å². The van der Waals surface area contributed by atoms with Gasteiger partial charge in [0.2, 0.25) is 5.92 Å². The molecule has 1 aliphatic carbocycles. The van der Waals surface area contributed by atoms with Gasteiger partial charge in [0.25, 0.3) is 0 Å². The molecule has 0 aliphatic heterocycles. The predicted molar refractivity (Wildman–Crippen MR) is 135 cm³/mol. The number of rotatable bonds is 9. The first kappa shape index (κ1) is 28.7. The highest BCUT2D eigenvalue weighted by Gasteiger charge is 2.57. The van der Waals surface area contributed by atoms with Crippen LogP contribution in [0.1, 0.15) is 42.8 Å². The Balaban J connectivity index is 1.67. The van der Waals surface area contributed by atoms with Crippen molar-refractivity contribution in [2.45, 2.75) is 44.8 Å². The highest BCUT2D eigenvalue weighted by Crippen LogP contribution is 2.52.